The molecule has 0 amide bonds. The molecule has 6 aromatic heterocycles. The topological polar surface area (TPSA) is 52.6 Å². The fraction of sp³-hybridized carbons (Fsp3) is 0.194. The Hall–Kier alpha value is -14.4. The lowest BCUT2D eigenvalue weighted by atomic mass is 9.79. The van der Waals surface area contributed by atoms with Gasteiger partial charge in [0.2, 0.25) is 0 Å². The molecule has 0 aliphatic carbocycles. The van der Waals surface area contributed by atoms with E-state index in [1.807, 2.05) is 120 Å². The molecule has 0 saturated heterocycles. The van der Waals surface area contributed by atoms with Crippen molar-refractivity contribution in [1.82, 2.24) is 0 Å². The second-order valence-electron chi connectivity index (χ2n) is 42.7. The summed E-state index contributed by atoms with van der Waals surface area (Å²) in [6, 6.07) is 118. The Balaban J connectivity index is 0.000000112. The molecule has 0 atom stereocenters. The summed E-state index contributed by atoms with van der Waals surface area (Å²) in [5.74, 6) is 0. The second-order valence-corrected chi connectivity index (χ2v) is 44.9. The Labute approximate surface area is 843 Å². The van der Waals surface area contributed by atoms with Gasteiger partial charge in [0.05, 0.1) is 11.0 Å². The molecule has 0 aliphatic rings. The van der Waals surface area contributed by atoms with Crippen molar-refractivity contribution in [2.75, 3.05) is 0 Å². The largest absolute Gasteiger partial charge is 0.456 e. The first-order valence-corrected chi connectivity index (χ1v) is 50.2. The molecule has 6 heteroatoms. The highest BCUT2D eigenvalue weighted by molar-refractivity contribution is 7.26. The summed E-state index contributed by atoms with van der Waals surface area (Å²) in [5.41, 5.74) is 27.6. The molecule has 4 nitrogen and oxygen atoms in total. The highest BCUT2D eigenvalue weighted by Gasteiger charge is 2.32. The van der Waals surface area contributed by atoms with E-state index in [2.05, 4.69) is 367 Å². The van der Waals surface area contributed by atoms with Crippen LogP contribution in [-0.2, 0) is 32.5 Å². The molecule has 24 aromatic rings. The second kappa shape index (κ2) is 38.1. The molecule has 18 aromatic carbocycles. The van der Waals surface area contributed by atoms with Crippen LogP contribution in [0.4, 0.5) is 0 Å². The molecule has 0 fully saturated rings. The van der Waals surface area contributed by atoms with Crippen LogP contribution in [0.3, 0.4) is 0 Å². The fourth-order valence-corrected chi connectivity index (χ4v) is 23.0. The normalized spacial score (nSPS) is 12.9. The number of hydrogen-bond acceptors (Lipinski definition) is 6. The summed E-state index contributed by atoms with van der Waals surface area (Å²) in [6.45, 7) is 43.4. The van der Waals surface area contributed by atoms with Gasteiger partial charge >= 0.3 is 0 Å². The summed E-state index contributed by atoms with van der Waals surface area (Å²) >= 11 is 3.82. The first-order chi connectivity index (χ1) is 70.5. The van der Waals surface area contributed by atoms with Crippen molar-refractivity contribution in [2.45, 2.75) is 171 Å². The first-order valence-electron chi connectivity index (χ1n) is 52.5. The predicted molar refractivity (Wildman–Crippen MR) is 608 cm³/mol. The molecule has 6 heterocycles. The summed E-state index contributed by atoms with van der Waals surface area (Å²) < 4.78 is 96.7. The van der Waals surface area contributed by atoms with E-state index >= 15 is 0 Å². The summed E-state index contributed by atoms with van der Waals surface area (Å²) in [7, 11) is 0. The number of rotatable bonds is 6. The van der Waals surface area contributed by atoms with Gasteiger partial charge in [-0.15, -0.1) is 22.7 Å². The van der Waals surface area contributed by atoms with Crippen LogP contribution in [0.1, 0.15) is 180 Å². The zero-order valence-corrected chi connectivity index (χ0v) is 85.4. The average Bonchev–Trinajstić information content (AvgIpc) is 1.17. The van der Waals surface area contributed by atoms with Gasteiger partial charge < -0.3 is 17.7 Å². The zero-order chi connectivity index (χ0) is 105. The maximum absolute atomic E-state index is 8.60. The van der Waals surface area contributed by atoms with Gasteiger partial charge in [-0.1, -0.05) is 457 Å². The number of benzene rings is 18. The van der Waals surface area contributed by atoms with Crippen LogP contribution in [0.25, 0.3) is 195 Å². The summed E-state index contributed by atoms with van der Waals surface area (Å²) in [4.78, 5) is 0. The lowest BCUT2D eigenvalue weighted by Crippen LogP contribution is -2.13. The van der Waals surface area contributed by atoms with Crippen molar-refractivity contribution in [2.24, 2.45) is 0 Å². The average molecular weight is 1870 g/mol. The van der Waals surface area contributed by atoms with Crippen molar-refractivity contribution in [3.8, 4) is 66.8 Å². The van der Waals surface area contributed by atoms with Gasteiger partial charge in [0, 0.05) is 94.6 Å². The van der Waals surface area contributed by atoms with E-state index in [-0.39, 0.29) is 80.8 Å². The molecule has 0 aliphatic heterocycles. The Morgan fingerprint density at radius 1 is 0.200 bits per heavy atom. The number of furan rings is 4. The summed E-state index contributed by atoms with van der Waals surface area (Å²) in [6.07, 6.45) is 0. The van der Waals surface area contributed by atoms with Crippen molar-refractivity contribution < 1.29 is 28.6 Å². The first kappa shape index (κ1) is 84.8. The lowest BCUT2D eigenvalue weighted by molar-refractivity contribution is 0.574. The molecule has 0 spiro atoms. The highest BCUT2D eigenvalue weighted by atomic mass is 32.1. The minimum atomic E-state index is -0.308. The van der Waals surface area contributed by atoms with E-state index in [1.165, 1.54) is 129 Å². The van der Waals surface area contributed by atoms with Crippen molar-refractivity contribution in [1.29, 1.82) is 0 Å². The van der Waals surface area contributed by atoms with Gasteiger partial charge in [-0.05, 0) is 202 Å². The van der Waals surface area contributed by atoms with Crippen LogP contribution in [0.5, 0.6) is 0 Å². The van der Waals surface area contributed by atoms with Crippen LogP contribution in [0, 0.1) is 13.8 Å². The standard InChI is InChI=1S/2C23H22O.2C22H20O.2C22H20S/c1-15-8-7-9-16(14-15)17-12-13-19-18-10-5-6-11-20(18)24-22(19)21(17)23(2,3)4;1-15-8-7-9-16(14-15)17-12-13-20-21(22(17)23(2,3)4)18-10-5-6-11-19(18)24-20;1-22(2,3)20-16(15-9-5-4-6-10-15)13-14-18-17-11-7-8-12-19(17)23-21(18)20;1-22(2,3)21-16(15-9-5-4-6-10-15)13-14-19-20(21)17-11-7-8-12-18(17)23-19;1-22(2,3)20-16(15-9-5-4-6-10-15)13-14-18-17-11-7-8-12-19(17)23-21(18)20;1-22(2,3)21-16(15-9-5-4-6-10-15)13-14-19-20(21)17-11-7-8-12-18(17)23-19/h2*5-14H,1-4H3;4*4-14H,1-3H3/i2*7D,8D,9D,14D;;;;. The van der Waals surface area contributed by atoms with Gasteiger partial charge in [0.1, 0.15) is 44.7 Å². The van der Waals surface area contributed by atoms with Gasteiger partial charge in [0.25, 0.3) is 0 Å². The van der Waals surface area contributed by atoms with Crippen molar-refractivity contribution in [3.63, 3.8) is 0 Å². The highest BCUT2D eigenvalue weighted by Crippen LogP contribution is 2.52. The molecule has 0 unspecified atom stereocenters. The Kier molecular flexibility index (Phi) is 23.1. The monoisotopic (exact) mass is 1870 g/mol. The molecule has 0 bridgehead atoms. The Morgan fingerprint density at radius 3 is 0.879 bits per heavy atom. The molecule has 0 radical (unpaired) electrons. The fourth-order valence-electron chi connectivity index (χ4n) is 20.4. The molecule has 140 heavy (non-hydrogen) atoms. The Morgan fingerprint density at radius 2 is 0.486 bits per heavy atom. The smallest absolute Gasteiger partial charge is 0.139 e. The third-order valence-corrected chi connectivity index (χ3v) is 28.5. The van der Waals surface area contributed by atoms with Crippen molar-refractivity contribution in [3.05, 3.63) is 433 Å². The number of thiophene rings is 2. The maximum atomic E-state index is 8.60. The van der Waals surface area contributed by atoms with Crippen LogP contribution in [-0.4, -0.2) is 0 Å². The molecule has 24 rings (SSSR count). The molecule has 0 N–H and O–H groups in total. The van der Waals surface area contributed by atoms with E-state index in [0.717, 1.165) is 88.5 Å². The van der Waals surface area contributed by atoms with Gasteiger partial charge in [-0.25, -0.2) is 0 Å². The van der Waals surface area contributed by atoms with Gasteiger partial charge in [0.15, 0.2) is 0 Å². The summed E-state index contributed by atoms with van der Waals surface area (Å²) in [5, 5.41) is 14.4. The number of hydrogen-bond donors (Lipinski definition) is 0. The number of para-hydroxylation sites is 4. The molecular formula is C134H124O4S2. The van der Waals surface area contributed by atoms with Crippen LogP contribution >= 0.6 is 22.7 Å². The van der Waals surface area contributed by atoms with E-state index in [1.54, 1.807) is 13.8 Å². The minimum absolute atomic E-state index is 0.00143. The van der Waals surface area contributed by atoms with Gasteiger partial charge in [-0.3, -0.25) is 0 Å². The van der Waals surface area contributed by atoms with Crippen molar-refractivity contribution >= 4 is 151 Å². The number of fused-ring (bicyclic) bond motifs is 18. The minimum Gasteiger partial charge on any atom is -0.456 e. The van der Waals surface area contributed by atoms with Crippen LogP contribution in [0.2, 0.25) is 0 Å². The van der Waals surface area contributed by atoms with Crippen LogP contribution in [0.15, 0.2) is 406 Å². The third-order valence-electron chi connectivity index (χ3n) is 26.1. The third kappa shape index (κ3) is 18.9. The predicted octanol–water partition coefficient (Wildman–Crippen LogP) is 40.9. The maximum Gasteiger partial charge on any atom is 0.139 e. The van der Waals surface area contributed by atoms with Crippen LogP contribution < -0.4 is 0 Å². The zero-order valence-electron chi connectivity index (χ0n) is 91.8. The van der Waals surface area contributed by atoms with E-state index in [4.69, 9.17) is 28.6 Å². The van der Waals surface area contributed by atoms with E-state index in [9.17, 15) is 0 Å². The molecule has 0 saturated carbocycles. The quantitative estimate of drug-likeness (QED) is 0.166. The SMILES string of the molecule is CC(C)(C)c1c(-c2ccccc2)ccc2c1oc1ccccc12.CC(C)(C)c1c(-c2ccccc2)ccc2c1sc1ccccc12.CC(C)(C)c1c(-c2ccccc2)ccc2oc3ccccc3c12.CC(C)(C)c1c(-c2ccccc2)ccc2sc3ccccc3c12.[2H]c1c([2H])c(C)c([2H])c(-c2ccc3c(oc4ccccc43)c2C(C)(C)C)c1[2H].[2H]c1c([2H])c(C)c([2H])c(-c2ccc3oc4ccccc4c3c2C(C)(C)C)c1[2H]. The lowest BCUT2D eigenvalue weighted by Gasteiger charge is -2.25. The van der Waals surface area contributed by atoms with Gasteiger partial charge in [-0.2, -0.15) is 0 Å². The van der Waals surface area contributed by atoms with E-state index in [0.29, 0.717) is 22.3 Å². The Bertz CT molecular complexity index is 8780. The molecule has 696 valence electrons. The molecular weight excluding hydrogens is 1740 g/mol. The van der Waals surface area contributed by atoms with E-state index < -0.39 is 0 Å².